The quantitative estimate of drug-likeness (QED) is 0.841. The lowest BCUT2D eigenvalue weighted by Gasteiger charge is -2.66. The van der Waals surface area contributed by atoms with Crippen LogP contribution in [-0.4, -0.2) is 43.5 Å². The predicted octanol–water partition coefficient (Wildman–Crippen LogP) is 2.55. The first kappa shape index (κ1) is 18.0. The standard InChI is InChI=1S/C23H25N3O4/c1-27-19-4-2-9-25-17(19)11-15-5-6-18-16(10-15)23(14-29-20(24)26-23)21(12-28-13-21)22(30-18)7-3-8-22/h2,4-6,9-10H,3,7-8,11-14H2,1H3,(H2,24,26). The highest BCUT2D eigenvalue weighted by Crippen LogP contribution is 2.67. The number of fused-ring (bicyclic) bond motifs is 4. The van der Waals surface area contributed by atoms with Crippen molar-refractivity contribution < 1.29 is 18.9 Å². The summed E-state index contributed by atoms with van der Waals surface area (Å²) < 4.78 is 23.7. The minimum Gasteiger partial charge on any atom is -0.495 e. The van der Waals surface area contributed by atoms with Crippen LogP contribution in [0.2, 0.25) is 0 Å². The smallest absolute Gasteiger partial charge is 0.283 e. The van der Waals surface area contributed by atoms with Crippen molar-refractivity contribution in [2.75, 3.05) is 26.9 Å². The third-order valence-corrected chi connectivity index (χ3v) is 7.49. The van der Waals surface area contributed by atoms with Gasteiger partial charge in [-0.2, -0.15) is 0 Å². The van der Waals surface area contributed by atoms with E-state index >= 15 is 0 Å². The topological polar surface area (TPSA) is 88.2 Å². The van der Waals surface area contributed by atoms with E-state index in [1.807, 2.05) is 12.1 Å². The number of nitrogens with zero attached hydrogens (tertiary/aromatic N) is 2. The molecule has 2 fully saturated rings. The second-order valence-electron chi connectivity index (χ2n) is 8.78. The SMILES string of the molecule is COc1cccnc1Cc1ccc2c(c1)C1(COC(N)=N1)C1(COC1)C1(CCC1)O2. The largest absolute Gasteiger partial charge is 0.495 e. The molecule has 1 saturated carbocycles. The molecule has 7 nitrogen and oxygen atoms in total. The lowest BCUT2D eigenvalue weighted by Crippen LogP contribution is -2.75. The molecule has 0 bridgehead atoms. The monoisotopic (exact) mass is 407 g/mol. The molecule has 156 valence electrons. The molecule has 4 aliphatic rings. The maximum atomic E-state index is 6.70. The second kappa shape index (κ2) is 6.11. The number of pyridine rings is 1. The molecule has 3 spiro atoms. The van der Waals surface area contributed by atoms with Gasteiger partial charge in [0.2, 0.25) is 0 Å². The lowest BCUT2D eigenvalue weighted by molar-refractivity contribution is -0.281. The number of ether oxygens (including phenoxy) is 4. The highest BCUT2D eigenvalue weighted by atomic mass is 16.5. The molecule has 3 aliphatic heterocycles. The zero-order valence-electron chi connectivity index (χ0n) is 17.0. The van der Waals surface area contributed by atoms with Gasteiger partial charge in [0.05, 0.1) is 31.4 Å². The Labute approximate surface area is 175 Å². The van der Waals surface area contributed by atoms with E-state index in [4.69, 9.17) is 29.7 Å². The summed E-state index contributed by atoms with van der Waals surface area (Å²) >= 11 is 0. The van der Waals surface area contributed by atoms with Crippen molar-refractivity contribution in [2.24, 2.45) is 16.1 Å². The summed E-state index contributed by atoms with van der Waals surface area (Å²) in [5.74, 6) is 1.66. The van der Waals surface area contributed by atoms with Gasteiger partial charge in [-0.15, -0.1) is 0 Å². The van der Waals surface area contributed by atoms with E-state index < -0.39 is 5.54 Å². The van der Waals surface area contributed by atoms with Crippen molar-refractivity contribution in [3.05, 3.63) is 53.3 Å². The van der Waals surface area contributed by atoms with Gasteiger partial charge in [0.25, 0.3) is 6.02 Å². The molecule has 1 aromatic carbocycles. The van der Waals surface area contributed by atoms with Gasteiger partial charge >= 0.3 is 0 Å². The zero-order chi connectivity index (χ0) is 20.4. The number of aliphatic imine (C=N–C) groups is 1. The van der Waals surface area contributed by atoms with Crippen LogP contribution in [0, 0.1) is 5.41 Å². The van der Waals surface area contributed by atoms with Gasteiger partial charge in [-0.3, -0.25) is 4.98 Å². The van der Waals surface area contributed by atoms with Crippen LogP contribution in [0.1, 0.15) is 36.1 Å². The summed E-state index contributed by atoms with van der Waals surface area (Å²) in [7, 11) is 1.67. The number of aromatic nitrogens is 1. The van der Waals surface area contributed by atoms with E-state index in [0.29, 0.717) is 26.2 Å². The van der Waals surface area contributed by atoms with E-state index in [1.54, 1.807) is 13.3 Å². The molecule has 7 heteroatoms. The molecule has 2 N–H and O–H groups in total. The minimum atomic E-state index is -0.576. The molecule has 1 unspecified atom stereocenters. The maximum Gasteiger partial charge on any atom is 0.283 e. The molecular weight excluding hydrogens is 382 g/mol. The summed E-state index contributed by atoms with van der Waals surface area (Å²) in [6, 6.07) is 10.4. The first-order valence-corrected chi connectivity index (χ1v) is 10.5. The highest BCUT2D eigenvalue weighted by molar-refractivity contribution is 5.75. The van der Waals surface area contributed by atoms with E-state index in [2.05, 4.69) is 23.2 Å². The number of nitrogens with two attached hydrogens (primary N) is 1. The van der Waals surface area contributed by atoms with Crippen LogP contribution in [0.5, 0.6) is 11.5 Å². The fourth-order valence-corrected chi connectivity index (χ4v) is 5.68. The molecule has 30 heavy (non-hydrogen) atoms. The number of hydrogen-bond acceptors (Lipinski definition) is 7. The average Bonchev–Trinajstić information content (AvgIpc) is 3.08. The average molecular weight is 407 g/mol. The van der Waals surface area contributed by atoms with Crippen molar-refractivity contribution in [1.29, 1.82) is 0 Å². The van der Waals surface area contributed by atoms with Gasteiger partial charge in [-0.1, -0.05) is 6.07 Å². The molecule has 1 aromatic heterocycles. The van der Waals surface area contributed by atoms with Crippen molar-refractivity contribution in [3.8, 4) is 11.5 Å². The van der Waals surface area contributed by atoms with E-state index in [-0.39, 0.29) is 17.0 Å². The molecule has 0 amide bonds. The number of methoxy groups -OCH3 is 1. The van der Waals surface area contributed by atoms with Gasteiger partial charge in [-0.25, -0.2) is 4.99 Å². The van der Waals surface area contributed by atoms with Crippen LogP contribution in [-0.2, 0) is 21.4 Å². The first-order chi connectivity index (χ1) is 14.6. The first-order valence-electron chi connectivity index (χ1n) is 10.5. The van der Waals surface area contributed by atoms with Crippen molar-refractivity contribution >= 4 is 6.02 Å². The van der Waals surface area contributed by atoms with Gasteiger partial charge in [0.1, 0.15) is 29.2 Å². The molecule has 1 atom stereocenters. The molecule has 1 saturated heterocycles. The van der Waals surface area contributed by atoms with Crippen LogP contribution in [0.3, 0.4) is 0 Å². The maximum absolute atomic E-state index is 6.70. The summed E-state index contributed by atoms with van der Waals surface area (Å²) in [6.45, 7) is 1.66. The Balaban J connectivity index is 1.48. The number of hydrogen-bond donors (Lipinski definition) is 1. The number of benzene rings is 1. The third-order valence-electron chi connectivity index (χ3n) is 7.49. The van der Waals surface area contributed by atoms with Crippen LogP contribution < -0.4 is 15.2 Å². The van der Waals surface area contributed by atoms with Crippen LogP contribution in [0.4, 0.5) is 0 Å². The summed E-state index contributed by atoms with van der Waals surface area (Å²) in [4.78, 5) is 9.44. The summed E-state index contributed by atoms with van der Waals surface area (Å²) in [5, 5.41) is 0. The van der Waals surface area contributed by atoms with Crippen LogP contribution >= 0.6 is 0 Å². The summed E-state index contributed by atoms with van der Waals surface area (Å²) in [5.41, 5.74) is 8.05. The number of rotatable bonds is 3. The molecule has 4 heterocycles. The summed E-state index contributed by atoms with van der Waals surface area (Å²) in [6.07, 6.45) is 5.63. The fourth-order valence-electron chi connectivity index (χ4n) is 5.68. The van der Waals surface area contributed by atoms with Gasteiger partial charge in [-0.05, 0) is 49.1 Å². The van der Waals surface area contributed by atoms with Crippen molar-refractivity contribution in [3.63, 3.8) is 0 Å². The predicted molar refractivity (Wildman–Crippen MR) is 110 cm³/mol. The Morgan fingerprint density at radius 3 is 2.67 bits per heavy atom. The van der Waals surface area contributed by atoms with Crippen LogP contribution in [0.25, 0.3) is 0 Å². The van der Waals surface area contributed by atoms with Gasteiger partial charge in [0, 0.05) is 18.2 Å². The second-order valence-corrected chi connectivity index (χ2v) is 8.78. The number of amidine groups is 1. The molecule has 1 aliphatic carbocycles. The van der Waals surface area contributed by atoms with Crippen molar-refractivity contribution in [1.82, 2.24) is 4.98 Å². The zero-order valence-corrected chi connectivity index (χ0v) is 17.0. The fraction of sp³-hybridized carbons (Fsp3) is 0.478. The Morgan fingerprint density at radius 2 is 2.03 bits per heavy atom. The Bertz CT molecular complexity index is 1040. The Kier molecular flexibility index (Phi) is 3.67. The van der Waals surface area contributed by atoms with Gasteiger partial charge in [0.15, 0.2) is 0 Å². The molecular formula is C23H25N3O4. The Hall–Kier alpha value is -2.80. The minimum absolute atomic E-state index is 0.242. The van der Waals surface area contributed by atoms with Crippen LogP contribution in [0.15, 0.2) is 41.5 Å². The Morgan fingerprint density at radius 1 is 1.17 bits per heavy atom. The van der Waals surface area contributed by atoms with Gasteiger partial charge < -0.3 is 24.7 Å². The molecule has 0 radical (unpaired) electrons. The highest BCUT2D eigenvalue weighted by Gasteiger charge is 2.75. The van der Waals surface area contributed by atoms with E-state index in [1.165, 1.54) is 0 Å². The normalized spacial score (nSPS) is 26.9. The molecule has 2 aromatic rings. The van der Waals surface area contributed by atoms with E-state index in [0.717, 1.165) is 47.6 Å². The third kappa shape index (κ3) is 2.13. The molecule has 6 rings (SSSR count). The van der Waals surface area contributed by atoms with Crippen molar-refractivity contribution in [2.45, 2.75) is 36.8 Å². The lowest BCUT2D eigenvalue weighted by atomic mass is 9.49. The van der Waals surface area contributed by atoms with E-state index in [9.17, 15) is 0 Å².